The van der Waals surface area contributed by atoms with Gasteiger partial charge in [0.2, 0.25) is 0 Å². The van der Waals surface area contributed by atoms with Crippen molar-refractivity contribution in [1.29, 1.82) is 0 Å². The largest absolute Gasteiger partial charge is 0.469 e. The minimum Gasteiger partial charge on any atom is -0.469 e. The van der Waals surface area contributed by atoms with Gasteiger partial charge in [-0.05, 0) is 32.0 Å². The topological polar surface area (TPSA) is 46.5 Å². The predicted molar refractivity (Wildman–Crippen MR) is 55.6 cm³/mol. The fraction of sp³-hybridized carbons (Fsp3) is 0.333. The van der Waals surface area contributed by atoms with Gasteiger partial charge >= 0.3 is 0 Å². The van der Waals surface area contributed by atoms with Crippen LogP contribution in [0, 0.1) is 13.8 Å². The maximum atomic E-state index is 9.97. The van der Waals surface area contributed by atoms with E-state index >= 15 is 0 Å². The Morgan fingerprint density at radius 3 is 2.73 bits per heavy atom. The second-order valence-electron chi connectivity index (χ2n) is 3.67. The predicted octanol–water partition coefficient (Wildman–Crippen LogP) is 2.77. The molecule has 0 spiro atoms. The lowest BCUT2D eigenvalue weighted by Gasteiger charge is -2.06. The number of furan rings is 2. The summed E-state index contributed by atoms with van der Waals surface area (Å²) in [4.78, 5) is 0. The van der Waals surface area contributed by atoms with Gasteiger partial charge < -0.3 is 13.9 Å². The van der Waals surface area contributed by atoms with Crippen LogP contribution in [-0.4, -0.2) is 5.11 Å². The number of aliphatic hydroxyl groups is 1. The van der Waals surface area contributed by atoms with Crippen LogP contribution in [0.2, 0.25) is 0 Å². The molecular formula is C12H14O3. The molecular weight excluding hydrogens is 192 g/mol. The first-order valence-electron chi connectivity index (χ1n) is 4.94. The van der Waals surface area contributed by atoms with Gasteiger partial charge in [-0.2, -0.15) is 0 Å². The summed E-state index contributed by atoms with van der Waals surface area (Å²) in [7, 11) is 0. The van der Waals surface area contributed by atoms with Gasteiger partial charge in [-0.3, -0.25) is 0 Å². The third kappa shape index (κ3) is 2.13. The molecule has 3 nitrogen and oxygen atoms in total. The monoisotopic (exact) mass is 206 g/mol. The molecule has 0 bridgehead atoms. The number of aryl methyl sites for hydroxylation is 2. The lowest BCUT2D eigenvalue weighted by atomic mass is 10.1. The Hall–Kier alpha value is -1.48. The number of hydrogen-bond acceptors (Lipinski definition) is 3. The number of aliphatic hydroxyl groups excluding tert-OH is 1. The van der Waals surface area contributed by atoms with Gasteiger partial charge in [-0.1, -0.05) is 0 Å². The first kappa shape index (κ1) is 10.1. The molecule has 0 aliphatic carbocycles. The first-order valence-corrected chi connectivity index (χ1v) is 4.94. The summed E-state index contributed by atoms with van der Waals surface area (Å²) < 4.78 is 10.5. The molecule has 0 amide bonds. The van der Waals surface area contributed by atoms with Crippen LogP contribution in [0.5, 0.6) is 0 Å². The Balaban J connectivity index is 2.14. The van der Waals surface area contributed by atoms with Crippen molar-refractivity contribution in [2.45, 2.75) is 26.4 Å². The maximum Gasteiger partial charge on any atom is 0.106 e. The Bertz CT molecular complexity index is 426. The Kier molecular flexibility index (Phi) is 2.64. The van der Waals surface area contributed by atoms with E-state index in [0.717, 1.165) is 22.8 Å². The minimum atomic E-state index is -0.561. The molecule has 80 valence electrons. The van der Waals surface area contributed by atoms with Crippen LogP contribution in [0.15, 0.2) is 33.3 Å². The van der Waals surface area contributed by atoms with Crippen molar-refractivity contribution in [3.63, 3.8) is 0 Å². The molecule has 0 aromatic carbocycles. The third-order valence-electron chi connectivity index (χ3n) is 2.41. The van der Waals surface area contributed by atoms with Gasteiger partial charge in [0.15, 0.2) is 0 Å². The van der Waals surface area contributed by atoms with Crippen molar-refractivity contribution in [3.8, 4) is 0 Å². The molecule has 15 heavy (non-hydrogen) atoms. The zero-order valence-electron chi connectivity index (χ0n) is 8.86. The first-order chi connectivity index (χ1) is 7.16. The second-order valence-corrected chi connectivity index (χ2v) is 3.67. The average Bonchev–Trinajstić information content (AvgIpc) is 2.75. The molecule has 1 N–H and O–H groups in total. The lowest BCUT2D eigenvalue weighted by Crippen LogP contribution is -2.00. The number of rotatable bonds is 3. The molecule has 2 aromatic heterocycles. The van der Waals surface area contributed by atoms with E-state index in [1.54, 1.807) is 6.26 Å². The summed E-state index contributed by atoms with van der Waals surface area (Å²) in [6, 6.07) is 5.53. The smallest absolute Gasteiger partial charge is 0.106 e. The molecule has 1 unspecified atom stereocenters. The Morgan fingerprint density at radius 2 is 2.20 bits per heavy atom. The highest BCUT2D eigenvalue weighted by atomic mass is 16.3. The summed E-state index contributed by atoms with van der Waals surface area (Å²) in [5.41, 5.74) is 0.837. The minimum absolute atomic E-state index is 0.479. The highest BCUT2D eigenvalue weighted by Crippen LogP contribution is 2.24. The molecule has 0 saturated heterocycles. The van der Waals surface area contributed by atoms with Gasteiger partial charge in [0, 0.05) is 12.0 Å². The molecule has 0 aliphatic heterocycles. The van der Waals surface area contributed by atoms with Gasteiger partial charge in [-0.25, -0.2) is 0 Å². The van der Waals surface area contributed by atoms with E-state index in [9.17, 15) is 5.11 Å². The second kappa shape index (κ2) is 3.95. The zero-order chi connectivity index (χ0) is 10.8. The summed E-state index contributed by atoms with van der Waals surface area (Å²) in [6.45, 7) is 3.73. The van der Waals surface area contributed by atoms with Crippen molar-refractivity contribution < 1.29 is 13.9 Å². The van der Waals surface area contributed by atoms with Crippen molar-refractivity contribution in [2.24, 2.45) is 0 Å². The Labute approximate surface area is 88.3 Å². The van der Waals surface area contributed by atoms with Crippen LogP contribution in [0.4, 0.5) is 0 Å². The van der Waals surface area contributed by atoms with Gasteiger partial charge in [0.1, 0.15) is 17.3 Å². The van der Waals surface area contributed by atoms with Crippen LogP contribution in [0.3, 0.4) is 0 Å². The van der Waals surface area contributed by atoms with E-state index < -0.39 is 6.10 Å². The van der Waals surface area contributed by atoms with Crippen molar-refractivity contribution >= 4 is 0 Å². The molecule has 0 radical (unpaired) electrons. The highest BCUT2D eigenvalue weighted by molar-refractivity contribution is 5.23. The Morgan fingerprint density at radius 1 is 1.40 bits per heavy atom. The quantitative estimate of drug-likeness (QED) is 0.839. The van der Waals surface area contributed by atoms with Crippen molar-refractivity contribution in [1.82, 2.24) is 0 Å². The van der Waals surface area contributed by atoms with E-state index in [2.05, 4.69) is 0 Å². The van der Waals surface area contributed by atoms with Crippen molar-refractivity contribution in [2.75, 3.05) is 0 Å². The van der Waals surface area contributed by atoms with Gasteiger partial charge in [-0.15, -0.1) is 0 Å². The van der Waals surface area contributed by atoms with Crippen LogP contribution in [-0.2, 0) is 6.42 Å². The molecule has 3 heteroatoms. The lowest BCUT2D eigenvalue weighted by molar-refractivity contribution is 0.168. The molecule has 0 fully saturated rings. The zero-order valence-corrected chi connectivity index (χ0v) is 8.86. The molecule has 2 heterocycles. The van der Waals surface area contributed by atoms with E-state index in [1.165, 1.54) is 0 Å². The molecule has 0 aliphatic rings. The fourth-order valence-corrected chi connectivity index (χ4v) is 1.71. The normalized spacial score (nSPS) is 13.0. The summed E-state index contributed by atoms with van der Waals surface area (Å²) in [6.07, 6.45) is 1.52. The fourth-order valence-electron chi connectivity index (χ4n) is 1.71. The molecule has 0 saturated carbocycles. The van der Waals surface area contributed by atoms with Crippen LogP contribution in [0.1, 0.15) is 28.9 Å². The third-order valence-corrected chi connectivity index (χ3v) is 2.41. The maximum absolute atomic E-state index is 9.97. The van der Waals surface area contributed by atoms with Crippen LogP contribution >= 0.6 is 0 Å². The molecule has 1 atom stereocenters. The van der Waals surface area contributed by atoms with E-state index in [4.69, 9.17) is 8.83 Å². The highest BCUT2D eigenvalue weighted by Gasteiger charge is 2.15. The summed E-state index contributed by atoms with van der Waals surface area (Å²) in [5.74, 6) is 2.37. The van der Waals surface area contributed by atoms with Crippen molar-refractivity contribution in [3.05, 3.63) is 47.3 Å². The van der Waals surface area contributed by atoms with Crippen LogP contribution < -0.4 is 0 Å². The van der Waals surface area contributed by atoms with E-state index in [-0.39, 0.29) is 0 Å². The van der Waals surface area contributed by atoms with Crippen LogP contribution in [0.25, 0.3) is 0 Å². The summed E-state index contributed by atoms with van der Waals surface area (Å²) >= 11 is 0. The SMILES string of the molecule is Cc1cc(C(O)Cc2ccco2)c(C)o1. The van der Waals surface area contributed by atoms with E-state index in [0.29, 0.717) is 6.42 Å². The van der Waals surface area contributed by atoms with Gasteiger partial charge in [0.05, 0.1) is 12.4 Å². The number of hydrogen-bond donors (Lipinski definition) is 1. The standard InChI is InChI=1S/C12H14O3/c1-8-6-11(9(2)15-8)12(13)7-10-4-3-5-14-10/h3-6,12-13H,7H2,1-2H3. The van der Waals surface area contributed by atoms with E-state index in [1.807, 2.05) is 32.0 Å². The van der Waals surface area contributed by atoms with Gasteiger partial charge in [0.25, 0.3) is 0 Å². The molecule has 2 rings (SSSR count). The summed E-state index contributed by atoms with van der Waals surface area (Å²) in [5, 5.41) is 9.97. The average molecular weight is 206 g/mol. The molecule has 2 aromatic rings.